The zero-order valence-corrected chi connectivity index (χ0v) is 3.55. The number of nitrogens with zero attached hydrogens (tertiary/aromatic N) is 2. The van der Waals surface area contributed by atoms with Crippen LogP contribution in [-0.4, -0.2) is 26.4 Å². The van der Waals surface area contributed by atoms with Gasteiger partial charge >= 0.3 is 0 Å². The van der Waals surface area contributed by atoms with E-state index in [2.05, 4.69) is 15.4 Å². The normalized spacial score (nSPS) is 5.71. The smallest absolute Gasteiger partial charge is 0.0690 e. The van der Waals surface area contributed by atoms with Crippen molar-refractivity contribution in [2.24, 2.45) is 0 Å². The molecule has 5 nitrogen and oxygen atoms in total. The molecule has 1 rings (SSSR count). The second kappa shape index (κ2) is 5.06. The maximum absolute atomic E-state index is 3.49. The van der Waals surface area contributed by atoms with Gasteiger partial charge in [-0.1, -0.05) is 0 Å². The maximum Gasteiger partial charge on any atom is 0.0690 e. The summed E-state index contributed by atoms with van der Waals surface area (Å²) in [6.07, 6.45) is 3.17. The van der Waals surface area contributed by atoms with Crippen LogP contribution in [0.25, 0.3) is 0 Å². The van der Waals surface area contributed by atoms with Crippen LogP contribution in [0.3, 0.4) is 0 Å². The Bertz CT molecular complexity index is 67.4. The number of aromatic amines is 1. The van der Waals surface area contributed by atoms with Crippen molar-refractivity contribution in [3.63, 3.8) is 0 Å². The van der Waals surface area contributed by atoms with Crippen molar-refractivity contribution in [2.75, 3.05) is 0 Å². The molecule has 0 atom stereocenters. The fraction of sp³-hybridized carbons (Fsp3) is 0. The van der Waals surface area contributed by atoms with Gasteiger partial charge in [0.25, 0.3) is 0 Å². The quantitative estimate of drug-likeness (QED) is 0.418. The number of hydrogen-bond donors (Lipinski definition) is 1. The third kappa shape index (κ3) is 2.87. The van der Waals surface area contributed by atoms with Crippen molar-refractivity contribution < 1.29 is 11.0 Å². The van der Waals surface area contributed by atoms with Crippen molar-refractivity contribution in [3.8, 4) is 0 Å². The summed E-state index contributed by atoms with van der Waals surface area (Å²) in [6.45, 7) is 0. The zero-order valence-electron chi connectivity index (χ0n) is 3.55. The van der Waals surface area contributed by atoms with E-state index in [-0.39, 0.29) is 11.0 Å². The zero-order chi connectivity index (χ0) is 3.54. The van der Waals surface area contributed by atoms with E-state index in [1.807, 2.05) is 0 Å². The summed E-state index contributed by atoms with van der Waals surface area (Å²) in [5.74, 6) is 0. The molecule has 0 spiro atoms. The summed E-state index contributed by atoms with van der Waals surface area (Å²) in [6, 6.07) is 0. The minimum atomic E-state index is 0. The van der Waals surface area contributed by atoms with Gasteiger partial charge in [-0.2, -0.15) is 15.4 Å². The minimum Gasteiger partial charge on any atom is -0.412 e. The molecule has 5 N–H and O–H groups in total. The molecular formula is C2H7N3O2. The highest BCUT2D eigenvalue weighted by Crippen LogP contribution is 1.55. The van der Waals surface area contributed by atoms with Crippen LogP contribution in [0.5, 0.6) is 0 Å². The molecular weight excluding hydrogens is 98.0 g/mol. The second-order valence-electron chi connectivity index (χ2n) is 0.656. The standard InChI is InChI=1S/C2H3N3.2H2O/c1-2-4-5-3-1;;/h1-2H,(H,3,4,5);2*1H2. The molecule has 1 aromatic rings. The van der Waals surface area contributed by atoms with E-state index in [4.69, 9.17) is 0 Å². The van der Waals surface area contributed by atoms with Crippen molar-refractivity contribution in [1.82, 2.24) is 15.4 Å². The number of aromatic nitrogens is 3. The molecule has 0 aliphatic carbocycles. The third-order valence-corrected chi connectivity index (χ3v) is 0.331. The Hall–Kier alpha value is -0.940. The monoisotopic (exact) mass is 105 g/mol. The Balaban J connectivity index is 0. The lowest BCUT2D eigenvalue weighted by atomic mass is 11.0. The number of H-pyrrole nitrogens is 1. The lowest BCUT2D eigenvalue weighted by Gasteiger charge is -1.48. The molecule has 0 fully saturated rings. The van der Waals surface area contributed by atoms with Crippen LogP contribution in [0.2, 0.25) is 0 Å². The van der Waals surface area contributed by atoms with Gasteiger partial charge in [-0.05, 0) is 0 Å². The van der Waals surface area contributed by atoms with E-state index in [1.165, 1.54) is 0 Å². The van der Waals surface area contributed by atoms with Gasteiger partial charge in [-0.3, -0.25) is 0 Å². The van der Waals surface area contributed by atoms with Gasteiger partial charge in [0.05, 0.1) is 12.4 Å². The predicted molar refractivity (Wildman–Crippen MR) is 23.6 cm³/mol. The van der Waals surface area contributed by atoms with Crippen molar-refractivity contribution in [2.45, 2.75) is 0 Å². The van der Waals surface area contributed by atoms with Crippen LogP contribution in [0.4, 0.5) is 0 Å². The summed E-state index contributed by atoms with van der Waals surface area (Å²) in [4.78, 5) is 0. The van der Waals surface area contributed by atoms with Crippen molar-refractivity contribution >= 4 is 0 Å². The Kier molecular flexibility index (Phi) is 6.80. The van der Waals surface area contributed by atoms with Crippen LogP contribution in [0, 0.1) is 0 Å². The third-order valence-electron chi connectivity index (χ3n) is 0.331. The Morgan fingerprint density at radius 3 is 1.57 bits per heavy atom. The lowest BCUT2D eigenvalue weighted by molar-refractivity contribution is 0.823. The predicted octanol–water partition coefficient (Wildman–Crippen LogP) is -1.84. The first-order valence-corrected chi connectivity index (χ1v) is 1.30. The number of nitrogens with one attached hydrogen (secondary N) is 1. The first-order chi connectivity index (χ1) is 2.50. The Morgan fingerprint density at radius 1 is 1.00 bits per heavy atom. The average Bonchev–Trinajstić information content (AvgIpc) is 1.76. The molecule has 0 radical (unpaired) electrons. The second-order valence-corrected chi connectivity index (χ2v) is 0.656. The molecule has 0 amide bonds. The molecule has 1 heterocycles. The summed E-state index contributed by atoms with van der Waals surface area (Å²) in [5.41, 5.74) is 0. The fourth-order valence-electron chi connectivity index (χ4n) is 0.167. The molecule has 0 aromatic carbocycles. The van der Waals surface area contributed by atoms with E-state index in [0.717, 1.165) is 0 Å². The van der Waals surface area contributed by atoms with Crippen molar-refractivity contribution in [3.05, 3.63) is 12.4 Å². The van der Waals surface area contributed by atoms with Gasteiger partial charge in [-0.15, -0.1) is 0 Å². The topological polar surface area (TPSA) is 105 Å². The summed E-state index contributed by atoms with van der Waals surface area (Å²) in [7, 11) is 0. The molecule has 0 bridgehead atoms. The van der Waals surface area contributed by atoms with E-state index in [1.54, 1.807) is 12.4 Å². The molecule has 0 unspecified atom stereocenters. The Morgan fingerprint density at radius 2 is 1.43 bits per heavy atom. The van der Waals surface area contributed by atoms with Crippen LogP contribution in [0.15, 0.2) is 12.4 Å². The average molecular weight is 105 g/mol. The summed E-state index contributed by atoms with van der Waals surface area (Å²) < 4.78 is 0. The summed E-state index contributed by atoms with van der Waals surface area (Å²) in [5, 5.41) is 9.33. The van der Waals surface area contributed by atoms with Gasteiger partial charge in [0, 0.05) is 0 Å². The molecule has 5 heteroatoms. The molecule has 0 saturated carbocycles. The highest BCUT2D eigenvalue weighted by Gasteiger charge is 1.57. The van der Waals surface area contributed by atoms with Gasteiger partial charge in [0.1, 0.15) is 0 Å². The number of rotatable bonds is 0. The van der Waals surface area contributed by atoms with Crippen LogP contribution >= 0.6 is 0 Å². The molecule has 42 valence electrons. The van der Waals surface area contributed by atoms with Gasteiger partial charge in [0.2, 0.25) is 0 Å². The number of hydrogen-bond acceptors (Lipinski definition) is 2. The van der Waals surface area contributed by atoms with Gasteiger partial charge in [0.15, 0.2) is 0 Å². The van der Waals surface area contributed by atoms with Crippen LogP contribution in [-0.2, 0) is 0 Å². The molecule has 0 saturated heterocycles. The first kappa shape index (κ1) is 9.41. The molecule has 0 aliphatic heterocycles. The largest absolute Gasteiger partial charge is 0.412 e. The highest BCUT2D eigenvalue weighted by atomic mass is 16.0. The summed E-state index contributed by atoms with van der Waals surface area (Å²) >= 11 is 0. The van der Waals surface area contributed by atoms with E-state index >= 15 is 0 Å². The van der Waals surface area contributed by atoms with E-state index in [9.17, 15) is 0 Å². The highest BCUT2D eigenvalue weighted by molar-refractivity contribution is 4.54. The SMILES string of the molecule is O.O.c1cn[nH]n1. The molecule has 7 heavy (non-hydrogen) atoms. The molecule has 0 aliphatic rings. The Labute approximate surface area is 40.0 Å². The minimum absolute atomic E-state index is 0. The van der Waals surface area contributed by atoms with Crippen molar-refractivity contribution in [1.29, 1.82) is 0 Å². The fourth-order valence-corrected chi connectivity index (χ4v) is 0.167. The van der Waals surface area contributed by atoms with Crippen LogP contribution in [0.1, 0.15) is 0 Å². The first-order valence-electron chi connectivity index (χ1n) is 1.30. The molecule has 1 aromatic heterocycles. The lowest BCUT2D eigenvalue weighted by Crippen LogP contribution is -1.61. The van der Waals surface area contributed by atoms with Gasteiger partial charge < -0.3 is 11.0 Å². The van der Waals surface area contributed by atoms with Gasteiger partial charge in [-0.25, -0.2) is 0 Å². The van der Waals surface area contributed by atoms with E-state index in [0.29, 0.717) is 0 Å². The van der Waals surface area contributed by atoms with E-state index < -0.39 is 0 Å². The van der Waals surface area contributed by atoms with Crippen LogP contribution < -0.4 is 0 Å². The maximum atomic E-state index is 3.49.